The molecule has 0 bridgehead atoms. The summed E-state index contributed by atoms with van der Waals surface area (Å²) in [7, 11) is -3.55. The third-order valence-electron chi connectivity index (χ3n) is 3.08. The molecule has 0 radical (unpaired) electrons. The summed E-state index contributed by atoms with van der Waals surface area (Å²) < 4.78 is 28.4. The minimum atomic E-state index is -3.55. The molecular weight excluding hydrogens is 272 g/mol. The molecule has 0 fully saturated rings. The lowest BCUT2D eigenvalue weighted by Gasteiger charge is -2.19. The lowest BCUT2D eigenvalue weighted by molar-refractivity contribution is 0.255. The van der Waals surface area contributed by atoms with Gasteiger partial charge in [-0.3, -0.25) is 4.18 Å². The van der Waals surface area contributed by atoms with Crippen LogP contribution in [-0.4, -0.2) is 14.7 Å². The molecule has 0 aliphatic rings. The van der Waals surface area contributed by atoms with E-state index in [-0.39, 0.29) is 0 Å². The van der Waals surface area contributed by atoms with Gasteiger partial charge in [-0.25, -0.2) is 0 Å². The van der Waals surface area contributed by atoms with Crippen molar-refractivity contribution in [2.75, 3.05) is 6.26 Å². The topological polar surface area (TPSA) is 43.4 Å². The van der Waals surface area contributed by atoms with E-state index in [0.717, 1.165) is 28.5 Å². The summed E-state index contributed by atoms with van der Waals surface area (Å²) in [6, 6.07) is 15.3. The first-order chi connectivity index (χ1) is 9.37. The van der Waals surface area contributed by atoms with Gasteiger partial charge in [0, 0.05) is 0 Å². The van der Waals surface area contributed by atoms with Crippen LogP contribution in [0, 0.1) is 13.8 Å². The van der Waals surface area contributed by atoms with Crippen LogP contribution in [0.25, 0.3) is 0 Å². The molecule has 2 rings (SSSR count). The van der Waals surface area contributed by atoms with Crippen LogP contribution in [0.1, 0.15) is 28.4 Å². The average molecular weight is 290 g/mol. The van der Waals surface area contributed by atoms with Crippen molar-refractivity contribution in [3.8, 4) is 0 Å². The third kappa shape index (κ3) is 3.68. The molecule has 0 aromatic heterocycles. The smallest absolute Gasteiger partial charge is 0.257 e. The molecule has 4 heteroatoms. The van der Waals surface area contributed by atoms with Crippen molar-refractivity contribution in [1.29, 1.82) is 0 Å². The molecule has 1 unspecified atom stereocenters. The standard InChI is InChI=1S/C16H18O3S/c1-12-9-10-15(13(2)11-12)16(19-20(3,17)18)14-7-5-4-6-8-14/h4-11,16H,1-3H3. The molecule has 1 atom stereocenters. The summed E-state index contributed by atoms with van der Waals surface area (Å²) in [5, 5.41) is 0. The van der Waals surface area contributed by atoms with Crippen LogP contribution in [0.3, 0.4) is 0 Å². The second kappa shape index (κ2) is 5.77. The Hall–Kier alpha value is -1.65. The van der Waals surface area contributed by atoms with Gasteiger partial charge in [-0.05, 0) is 30.5 Å². The Bertz CT molecular complexity index is 691. The highest BCUT2D eigenvalue weighted by Gasteiger charge is 2.21. The number of benzene rings is 2. The van der Waals surface area contributed by atoms with Gasteiger partial charge in [0.1, 0.15) is 6.10 Å². The van der Waals surface area contributed by atoms with E-state index in [9.17, 15) is 8.42 Å². The normalized spacial score (nSPS) is 13.2. The quantitative estimate of drug-likeness (QED) is 0.811. The lowest BCUT2D eigenvalue weighted by atomic mass is 9.96. The highest BCUT2D eigenvalue weighted by Crippen LogP contribution is 2.30. The first-order valence-corrected chi connectivity index (χ1v) is 8.19. The van der Waals surface area contributed by atoms with Gasteiger partial charge in [0.2, 0.25) is 0 Å². The molecule has 0 spiro atoms. The van der Waals surface area contributed by atoms with Crippen molar-refractivity contribution in [2.24, 2.45) is 0 Å². The van der Waals surface area contributed by atoms with Gasteiger partial charge in [-0.15, -0.1) is 0 Å². The Morgan fingerprint density at radius 2 is 1.65 bits per heavy atom. The van der Waals surface area contributed by atoms with Crippen LogP contribution in [0.15, 0.2) is 48.5 Å². The Morgan fingerprint density at radius 3 is 2.20 bits per heavy atom. The Morgan fingerprint density at radius 1 is 1.00 bits per heavy atom. The van der Waals surface area contributed by atoms with Gasteiger partial charge < -0.3 is 0 Å². The fourth-order valence-electron chi connectivity index (χ4n) is 2.21. The molecule has 20 heavy (non-hydrogen) atoms. The van der Waals surface area contributed by atoms with Gasteiger partial charge in [-0.2, -0.15) is 8.42 Å². The van der Waals surface area contributed by atoms with Crippen molar-refractivity contribution in [3.05, 3.63) is 70.8 Å². The van der Waals surface area contributed by atoms with Gasteiger partial charge in [0.15, 0.2) is 0 Å². The van der Waals surface area contributed by atoms with Gasteiger partial charge in [0.05, 0.1) is 6.26 Å². The number of hydrogen-bond donors (Lipinski definition) is 0. The van der Waals surface area contributed by atoms with Gasteiger partial charge in [-0.1, -0.05) is 54.1 Å². The monoisotopic (exact) mass is 290 g/mol. The van der Waals surface area contributed by atoms with Crippen LogP contribution < -0.4 is 0 Å². The third-order valence-corrected chi connectivity index (χ3v) is 3.62. The zero-order valence-corrected chi connectivity index (χ0v) is 12.6. The number of aryl methyl sites for hydroxylation is 2. The number of rotatable bonds is 4. The van der Waals surface area contributed by atoms with Crippen molar-refractivity contribution < 1.29 is 12.6 Å². The largest absolute Gasteiger partial charge is 0.265 e. The molecule has 106 valence electrons. The molecule has 0 N–H and O–H groups in total. The predicted octanol–water partition coefficient (Wildman–Crippen LogP) is 3.37. The molecule has 2 aromatic rings. The Balaban J connectivity index is 2.52. The van der Waals surface area contributed by atoms with Crippen molar-refractivity contribution in [2.45, 2.75) is 20.0 Å². The number of hydrogen-bond acceptors (Lipinski definition) is 3. The maximum atomic E-state index is 11.5. The summed E-state index contributed by atoms with van der Waals surface area (Å²) in [4.78, 5) is 0. The predicted molar refractivity (Wildman–Crippen MR) is 80.1 cm³/mol. The lowest BCUT2D eigenvalue weighted by Crippen LogP contribution is -2.13. The van der Waals surface area contributed by atoms with E-state index in [1.807, 2.05) is 62.4 Å². The van der Waals surface area contributed by atoms with Crippen LogP contribution in [0.4, 0.5) is 0 Å². The Kier molecular flexibility index (Phi) is 4.26. The highest BCUT2D eigenvalue weighted by atomic mass is 32.2. The molecule has 3 nitrogen and oxygen atoms in total. The van der Waals surface area contributed by atoms with Crippen molar-refractivity contribution in [1.82, 2.24) is 0 Å². The summed E-state index contributed by atoms with van der Waals surface area (Å²) >= 11 is 0. The minimum absolute atomic E-state index is 0.605. The van der Waals surface area contributed by atoms with Gasteiger partial charge in [0.25, 0.3) is 10.1 Å². The van der Waals surface area contributed by atoms with E-state index in [1.165, 1.54) is 0 Å². The fraction of sp³-hybridized carbons (Fsp3) is 0.250. The molecule has 0 saturated carbocycles. The zero-order valence-electron chi connectivity index (χ0n) is 11.8. The fourth-order valence-corrected chi connectivity index (χ4v) is 2.77. The van der Waals surface area contributed by atoms with E-state index < -0.39 is 16.2 Å². The summed E-state index contributed by atoms with van der Waals surface area (Å²) in [5.41, 5.74) is 3.84. The van der Waals surface area contributed by atoms with Gasteiger partial charge >= 0.3 is 0 Å². The van der Waals surface area contributed by atoms with Crippen LogP contribution in [0.2, 0.25) is 0 Å². The maximum Gasteiger partial charge on any atom is 0.265 e. The second-order valence-corrected chi connectivity index (χ2v) is 6.55. The maximum absolute atomic E-state index is 11.5. The van der Waals surface area contributed by atoms with E-state index >= 15 is 0 Å². The molecule has 0 aliphatic heterocycles. The van der Waals surface area contributed by atoms with Crippen LogP contribution >= 0.6 is 0 Å². The van der Waals surface area contributed by atoms with Crippen LogP contribution in [-0.2, 0) is 14.3 Å². The molecule has 0 saturated heterocycles. The first-order valence-electron chi connectivity index (χ1n) is 6.37. The summed E-state index contributed by atoms with van der Waals surface area (Å²) in [5.74, 6) is 0. The molecular formula is C16H18O3S. The van der Waals surface area contributed by atoms with E-state index in [0.29, 0.717) is 0 Å². The van der Waals surface area contributed by atoms with E-state index in [4.69, 9.17) is 4.18 Å². The highest BCUT2D eigenvalue weighted by molar-refractivity contribution is 7.86. The molecule has 0 aliphatic carbocycles. The molecule has 2 aromatic carbocycles. The summed E-state index contributed by atoms with van der Waals surface area (Å²) in [6.45, 7) is 3.97. The molecule has 0 heterocycles. The summed E-state index contributed by atoms with van der Waals surface area (Å²) in [6.07, 6.45) is 0.471. The van der Waals surface area contributed by atoms with Crippen molar-refractivity contribution in [3.63, 3.8) is 0 Å². The average Bonchev–Trinajstić information content (AvgIpc) is 2.36. The Labute approximate surface area is 120 Å². The first kappa shape index (κ1) is 14.8. The minimum Gasteiger partial charge on any atom is -0.257 e. The second-order valence-electron chi connectivity index (χ2n) is 4.95. The molecule has 0 amide bonds. The SMILES string of the molecule is Cc1ccc(C(OS(C)(=O)=O)c2ccccc2)c(C)c1. The van der Waals surface area contributed by atoms with Crippen LogP contribution in [0.5, 0.6) is 0 Å². The van der Waals surface area contributed by atoms with Crippen molar-refractivity contribution >= 4 is 10.1 Å². The van der Waals surface area contributed by atoms with E-state index in [2.05, 4.69) is 0 Å². The van der Waals surface area contributed by atoms with E-state index in [1.54, 1.807) is 0 Å². The zero-order chi connectivity index (χ0) is 14.8.